The van der Waals surface area contributed by atoms with Gasteiger partial charge in [-0.15, -0.1) is 0 Å². The summed E-state index contributed by atoms with van der Waals surface area (Å²) in [4.78, 5) is 9.29. The van der Waals surface area contributed by atoms with E-state index in [1.807, 2.05) is 66.7 Å². The number of hydrogen-bond donors (Lipinski definition) is 1. The van der Waals surface area contributed by atoms with Crippen LogP contribution in [0.15, 0.2) is 66.7 Å². The van der Waals surface area contributed by atoms with Crippen molar-refractivity contribution in [1.82, 2.24) is 9.97 Å². The number of methoxy groups -OCH3 is 2. The molecule has 0 saturated heterocycles. The fourth-order valence-electron chi connectivity index (χ4n) is 3.20. The number of hydrogen-bond acceptors (Lipinski definition) is 5. The number of nitrogens with zero attached hydrogens (tertiary/aromatic N) is 2. The van der Waals surface area contributed by atoms with Gasteiger partial charge in [-0.25, -0.2) is 9.97 Å². The standard InChI is InChI=1S/C25H21N3O2/c1-26-25-27-21-16-23(30-3)22(29-2)15-20(21)24(28-25)19-11-7-10-18(14-19)13-12-17-8-5-4-6-9-17/h4-11,14-16H,1-3H3,(H,26,27,28). The van der Waals surface area contributed by atoms with Gasteiger partial charge in [0.1, 0.15) is 0 Å². The fraction of sp³-hybridized carbons (Fsp3) is 0.120. The molecule has 0 aliphatic rings. The SMILES string of the molecule is CNc1nc(-c2cccc(C#Cc3ccccc3)c2)c2cc(OC)c(OC)cc2n1. The molecule has 5 heteroatoms. The van der Waals surface area contributed by atoms with Gasteiger partial charge in [-0.2, -0.15) is 0 Å². The minimum atomic E-state index is 0.533. The van der Waals surface area contributed by atoms with Gasteiger partial charge in [0.25, 0.3) is 0 Å². The molecule has 4 aromatic rings. The molecular weight excluding hydrogens is 374 g/mol. The van der Waals surface area contributed by atoms with Crippen molar-refractivity contribution in [2.75, 3.05) is 26.6 Å². The van der Waals surface area contributed by atoms with Gasteiger partial charge in [-0.3, -0.25) is 0 Å². The average Bonchev–Trinajstić information content (AvgIpc) is 2.81. The van der Waals surface area contributed by atoms with E-state index in [1.54, 1.807) is 21.3 Å². The maximum absolute atomic E-state index is 5.48. The van der Waals surface area contributed by atoms with Gasteiger partial charge in [0.15, 0.2) is 11.5 Å². The summed E-state index contributed by atoms with van der Waals surface area (Å²) in [6.07, 6.45) is 0. The van der Waals surface area contributed by atoms with E-state index in [0.717, 1.165) is 33.3 Å². The van der Waals surface area contributed by atoms with Crippen LogP contribution in [0.1, 0.15) is 11.1 Å². The molecule has 0 amide bonds. The van der Waals surface area contributed by atoms with Gasteiger partial charge < -0.3 is 14.8 Å². The molecule has 4 rings (SSSR count). The molecule has 0 aliphatic carbocycles. The Morgan fingerprint density at radius 2 is 1.47 bits per heavy atom. The highest BCUT2D eigenvalue weighted by Gasteiger charge is 2.14. The van der Waals surface area contributed by atoms with E-state index >= 15 is 0 Å². The molecule has 0 saturated carbocycles. The third-order valence-corrected chi connectivity index (χ3v) is 4.69. The topological polar surface area (TPSA) is 56.3 Å². The van der Waals surface area contributed by atoms with E-state index < -0.39 is 0 Å². The Bertz CT molecular complexity index is 1260. The van der Waals surface area contributed by atoms with Crippen molar-refractivity contribution in [3.8, 4) is 34.6 Å². The van der Waals surface area contributed by atoms with E-state index in [4.69, 9.17) is 14.5 Å². The van der Waals surface area contributed by atoms with Crippen LogP contribution in [0, 0.1) is 11.8 Å². The van der Waals surface area contributed by atoms with Crippen molar-refractivity contribution in [2.24, 2.45) is 0 Å². The monoisotopic (exact) mass is 395 g/mol. The molecule has 0 unspecified atom stereocenters. The van der Waals surface area contributed by atoms with Crippen molar-refractivity contribution in [3.05, 3.63) is 77.9 Å². The van der Waals surface area contributed by atoms with Gasteiger partial charge in [0.05, 0.1) is 25.4 Å². The minimum absolute atomic E-state index is 0.533. The molecule has 1 N–H and O–H groups in total. The second-order valence-electron chi connectivity index (χ2n) is 6.57. The maximum atomic E-state index is 5.48. The van der Waals surface area contributed by atoms with E-state index in [2.05, 4.69) is 22.1 Å². The molecule has 0 bridgehead atoms. The third kappa shape index (κ3) is 3.89. The molecular formula is C25H21N3O2. The van der Waals surface area contributed by atoms with Gasteiger partial charge in [-0.1, -0.05) is 42.2 Å². The molecule has 0 atom stereocenters. The Kier molecular flexibility index (Phi) is 5.49. The van der Waals surface area contributed by atoms with Gasteiger partial charge in [0, 0.05) is 35.2 Å². The van der Waals surface area contributed by atoms with Crippen molar-refractivity contribution in [1.29, 1.82) is 0 Å². The zero-order valence-corrected chi connectivity index (χ0v) is 17.1. The van der Waals surface area contributed by atoms with Crippen LogP contribution in [0.25, 0.3) is 22.2 Å². The average molecular weight is 395 g/mol. The van der Waals surface area contributed by atoms with Crippen LogP contribution in [-0.4, -0.2) is 31.2 Å². The first-order valence-corrected chi connectivity index (χ1v) is 9.51. The largest absolute Gasteiger partial charge is 0.493 e. The van der Waals surface area contributed by atoms with Gasteiger partial charge in [0.2, 0.25) is 5.95 Å². The summed E-state index contributed by atoms with van der Waals surface area (Å²) in [6, 6.07) is 21.7. The lowest BCUT2D eigenvalue weighted by Gasteiger charge is -2.13. The van der Waals surface area contributed by atoms with E-state index in [9.17, 15) is 0 Å². The molecule has 0 fully saturated rings. The van der Waals surface area contributed by atoms with Crippen molar-refractivity contribution in [2.45, 2.75) is 0 Å². The first kappa shape index (κ1) is 19.3. The van der Waals surface area contributed by atoms with Crippen LogP contribution in [-0.2, 0) is 0 Å². The number of ether oxygens (including phenoxy) is 2. The summed E-state index contributed by atoms with van der Waals surface area (Å²) in [5, 5.41) is 3.91. The maximum Gasteiger partial charge on any atom is 0.223 e. The van der Waals surface area contributed by atoms with Crippen LogP contribution in [0.4, 0.5) is 5.95 Å². The summed E-state index contributed by atoms with van der Waals surface area (Å²) in [7, 11) is 5.03. The lowest BCUT2D eigenvalue weighted by molar-refractivity contribution is 0.356. The molecule has 3 aromatic carbocycles. The van der Waals surface area contributed by atoms with E-state index in [0.29, 0.717) is 17.4 Å². The molecule has 0 spiro atoms. The lowest BCUT2D eigenvalue weighted by atomic mass is 10.0. The minimum Gasteiger partial charge on any atom is -0.493 e. The van der Waals surface area contributed by atoms with Crippen LogP contribution >= 0.6 is 0 Å². The van der Waals surface area contributed by atoms with Crippen LogP contribution < -0.4 is 14.8 Å². The smallest absolute Gasteiger partial charge is 0.223 e. The number of benzene rings is 3. The summed E-state index contributed by atoms with van der Waals surface area (Å²) in [5.74, 6) is 8.22. The first-order chi connectivity index (χ1) is 14.7. The molecule has 30 heavy (non-hydrogen) atoms. The van der Waals surface area contributed by atoms with Gasteiger partial charge >= 0.3 is 0 Å². The lowest BCUT2D eigenvalue weighted by Crippen LogP contribution is -2.00. The Balaban J connectivity index is 1.85. The Morgan fingerprint density at radius 3 is 2.20 bits per heavy atom. The molecule has 148 valence electrons. The normalized spacial score (nSPS) is 10.2. The quantitative estimate of drug-likeness (QED) is 0.505. The third-order valence-electron chi connectivity index (χ3n) is 4.69. The molecule has 1 aromatic heterocycles. The summed E-state index contributed by atoms with van der Waals surface area (Å²) in [6.45, 7) is 0. The molecule has 1 heterocycles. The highest BCUT2D eigenvalue weighted by Crippen LogP contribution is 2.36. The molecule has 0 aliphatic heterocycles. The van der Waals surface area contributed by atoms with Crippen molar-refractivity contribution < 1.29 is 9.47 Å². The zero-order chi connectivity index (χ0) is 20.9. The van der Waals surface area contributed by atoms with Crippen LogP contribution in [0.3, 0.4) is 0 Å². The Labute approximate surface area is 175 Å². The number of aromatic nitrogens is 2. The highest BCUT2D eigenvalue weighted by atomic mass is 16.5. The van der Waals surface area contributed by atoms with E-state index in [1.165, 1.54) is 0 Å². The number of anilines is 1. The first-order valence-electron chi connectivity index (χ1n) is 9.51. The highest BCUT2D eigenvalue weighted by molar-refractivity contribution is 5.95. The van der Waals surface area contributed by atoms with Crippen LogP contribution in [0.2, 0.25) is 0 Å². The Morgan fingerprint density at radius 1 is 0.767 bits per heavy atom. The summed E-state index contributed by atoms with van der Waals surface area (Å²) >= 11 is 0. The summed E-state index contributed by atoms with van der Waals surface area (Å²) < 4.78 is 10.9. The zero-order valence-electron chi connectivity index (χ0n) is 17.1. The second-order valence-corrected chi connectivity index (χ2v) is 6.57. The predicted octanol–water partition coefficient (Wildman–Crippen LogP) is 4.76. The molecule has 0 radical (unpaired) electrons. The number of nitrogens with one attached hydrogen (secondary N) is 1. The number of fused-ring (bicyclic) bond motifs is 1. The predicted molar refractivity (Wildman–Crippen MR) is 120 cm³/mol. The Hall–Kier alpha value is -4.04. The molecule has 5 nitrogen and oxygen atoms in total. The van der Waals surface area contributed by atoms with Crippen molar-refractivity contribution >= 4 is 16.9 Å². The fourth-order valence-corrected chi connectivity index (χ4v) is 3.20. The second kappa shape index (κ2) is 8.54. The number of rotatable bonds is 4. The van der Waals surface area contributed by atoms with E-state index in [-0.39, 0.29) is 0 Å². The summed E-state index contributed by atoms with van der Waals surface area (Å²) in [5.41, 5.74) is 4.40. The van der Waals surface area contributed by atoms with Gasteiger partial charge in [-0.05, 0) is 30.3 Å². The van der Waals surface area contributed by atoms with Crippen LogP contribution in [0.5, 0.6) is 11.5 Å². The van der Waals surface area contributed by atoms with Crippen molar-refractivity contribution in [3.63, 3.8) is 0 Å².